The van der Waals surface area contributed by atoms with Gasteiger partial charge < -0.3 is 10.1 Å². The monoisotopic (exact) mass is 403 g/mol. The second-order valence-corrected chi connectivity index (χ2v) is 7.00. The first-order valence-corrected chi connectivity index (χ1v) is 9.46. The van der Waals surface area contributed by atoms with E-state index in [1.807, 2.05) is 0 Å². The number of nitrogens with one attached hydrogen (secondary N) is 1. The van der Waals surface area contributed by atoms with Gasteiger partial charge in [-0.2, -0.15) is 0 Å². The molecule has 2 aromatic heterocycles. The van der Waals surface area contributed by atoms with E-state index in [1.165, 1.54) is 41.3 Å². The van der Waals surface area contributed by atoms with Gasteiger partial charge in [-0.1, -0.05) is 12.1 Å². The molecule has 1 aromatic carbocycles. The maximum absolute atomic E-state index is 12.9. The molecule has 3 rings (SSSR count). The Bertz CT molecular complexity index is 1050. The number of carbonyl (C=O) groups excluding carboxylic acids is 2. The van der Waals surface area contributed by atoms with E-state index in [1.54, 1.807) is 23.6 Å². The molecular weight excluding hydrogens is 385 g/mol. The highest BCUT2D eigenvalue weighted by molar-refractivity contribution is 7.16. The molecule has 0 aliphatic heterocycles. The highest BCUT2D eigenvalue weighted by Gasteiger charge is 2.17. The van der Waals surface area contributed by atoms with Crippen molar-refractivity contribution in [1.82, 2.24) is 14.9 Å². The summed E-state index contributed by atoms with van der Waals surface area (Å²) in [6.45, 7) is 1.77. The predicted molar refractivity (Wildman–Crippen MR) is 102 cm³/mol. The zero-order valence-electron chi connectivity index (χ0n) is 15.1. The van der Waals surface area contributed by atoms with Crippen molar-refractivity contribution in [2.24, 2.45) is 0 Å². The first-order valence-electron chi connectivity index (χ1n) is 8.58. The molecule has 0 radical (unpaired) electrons. The Morgan fingerprint density at radius 3 is 2.79 bits per heavy atom. The Labute approximate surface area is 163 Å². The summed E-state index contributed by atoms with van der Waals surface area (Å²) in [6, 6.07) is 7.41. The number of esters is 1. The Hall–Kier alpha value is -3.07. The summed E-state index contributed by atoms with van der Waals surface area (Å²) < 4.78 is 19.3. The largest absolute Gasteiger partial charge is 0.452 e. The molecular formula is C19H18FN3O4S. The summed E-state index contributed by atoms with van der Waals surface area (Å²) in [5, 5.41) is 4.91. The van der Waals surface area contributed by atoms with Crippen molar-refractivity contribution in [1.29, 1.82) is 0 Å². The molecule has 0 saturated carbocycles. The molecule has 0 bridgehead atoms. The third-order valence-electron chi connectivity index (χ3n) is 4.06. The van der Waals surface area contributed by atoms with Gasteiger partial charge in [0.25, 0.3) is 11.5 Å². The number of carbonyl (C=O) groups is 2. The molecule has 0 saturated heterocycles. The van der Waals surface area contributed by atoms with E-state index in [2.05, 4.69) is 10.3 Å². The van der Waals surface area contributed by atoms with E-state index in [0.29, 0.717) is 10.2 Å². The van der Waals surface area contributed by atoms with Crippen LogP contribution in [0, 0.1) is 5.82 Å². The number of rotatable bonds is 7. The third-order valence-corrected chi connectivity index (χ3v) is 4.89. The van der Waals surface area contributed by atoms with Gasteiger partial charge in [-0.05, 0) is 36.1 Å². The summed E-state index contributed by atoms with van der Waals surface area (Å²) in [5.74, 6) is -1.41. The van der Waals surface area contributed by atoms with Crippen LogP contribution in [0.2, 0.25) is 0 Å². The van der Waals surface area contributed by atoms with Crippen LogP contribution >= 0.6 is 11.3 Å². The number of hydrogen-bond donors (Lipinski definition) is 1. The molecule has 2 heterocycles. The maximum Gasteiger partial charge on any atom is 0.308 e. The van der Waals surface area contributed by atoms with Crippen LogP contribution in [-0.2, 0) is 27.4 Å². The van der Waals surface area contributed by atoms with Crippen molar-refractivity contribution in [3.8, 4) is 0 Å². The molecule has 9 heteroatoms. The van der Waals surface area contributed by atoms with Crippen molar-refractivity contribution in [2.45, 2.75) is 32.5 Å². The summed E-state index contributed by atoms with van der Waals surface area (Å²) in [5.41, 5.74) is 0.508. The number of amides is 1. The molecule has 0 fully saturated rings. The van der Waals surface area contributed by atoms with Gasteiger partial charge in [0.1, 0.15) is 10.6 Å². The van der Waals surface area contributed by atoms with Gasteiger partial charge in [0.05, 0.1) is 18.1 Å². The SMILES string of the molecule is CC(OC(=O)CCn1cnc2sccc2c1=O)C(=O)NCc1ccc(F)cc1. The molecule has 28 heavy (non-hydrogen) atoms. The Balaban J connectivity index is 1.47. The smallest absolute Gasteiger partial charge is 0.308 e. The number of aromatic nitrogens is 2. The number of thiophene rings is 1. The fourth-order valence-electron chi connectivity index (χ4n) is 2.51. The third kappa shape index (κ3) is 4.80. The van der Waals surface area contributed by atoms with Gasteiger partial charge in [0.15, 0.2) is 6.10 Å². The van der Waals surface area contributed by atoms with Gasteiger partial charge >= 0.3 is 5.97 Å². The van der Waals surface area contributed by atoms with E-state index in [-0.39, 0.29) is 30.9 Å². The Kier molecular flexibility index (Phi) is 6.15. The molecule has 146 valence electrons. The summed E-state index contributed by atoms with van der Waals surface area (Å²) in [6.07, 6.45) is 0.349. The van der Waals surface area contributed by atoms with Crippen molar-refractivity contribution in [3.05, 3.63) is 63.8 Å². The first-order chi connectivity index (χ1) is 13.4. The van der Waals surface area contributed by atoms with Crippen molar-refractivity contribution in [3.63, 3.8) is 0 Å². The summed E-state index contributed by atoms with van der Waals surface area (Å²) in [4.78, 5) is 41.1. The lowest BCUT2D eigenvalue weighted by molar-refractivity contribution is -0.155. The lowest BCUT2D eigenvalue weighted by atomic mass is 10.2. The van der Waals surface area contributed by atoms with Crippen LogP contribution in [0.3, 0.4) is 0 Å². The molecule has 1 N–H and O–H groups in total. The molecule has 0 aliphatic carbocycles. The standard InChI is InChI=1S/C19H18FN3O4S/c1-12(17(25)21-10-13-2-4-14(20)5-3-13)27-16(24)6-8-23-11-22-18-15(19(23)26)7-9-28-18/h2-5,7,9,11-12H,6,8,10H2,1H3,(H,21,25). The Morgan fingerprint density at radius 2 is 2.04 bits per heavy atom. The van der Waals surface area contributed by atoms with Crippen molar-refractivity contribution >= 4 is 33.4 Å². The number of nitrogens with zero attached hydrogens (tertiary/aromatic N) is 2. The minimum Gasteiger partial charge on any atom is -0.452 e. The van der Waals surface area contributed by atoms with Gasteiger partial charge in [0.2, 0.25) is 0 Å². The van der Waals surface area contributed by atoms with Crippen LogP contribution in [-0.4, -0.2) is 27.5 Å². The van der Waals surface area contributed by atoms with E-state index in [9.17, 15) is 18.8 Å². The lowest BCUT2D eigenvalue weighted by Crippen LogP contribution is -2.35. The average molecular weight is 403 g/mol. The minimum atomic E-state index is -0.984. The van der Waals surface area contributed by atoms with E-state index < -0.39 is 18.0 Å². The average Bonchev–Trinajstić information content (AvgIpc) is 3.16. The number of benzene rings is 1. The molecule has 3 aromatic rings. The number of fused-ring (bicyclic) bond motifs is 1. The number of ether oxygens (including phenoxy) is 1. The number of hydrogen-bond acceptors (Lipinski definition) is 6. The molecule has 1 atom stereocenters. The fraction of sp³-hybridized carbons (Fsp3) is 0.263. The second kappa shape index (κ2) is 8.75. The van der Waals surface area contributed by atoms with Crippen LogP contribution in [0.4, 0.5) is 4.39 Å². The summed E-state index contributed by atoms with van der Waals surface area (Å²) >= 11 is 1.37. The minimum absolute atomic E-state index is 0.0627. The fourth-order valence-corrected chi connectivity index (χ4v) is 3.23. The molecule has 7 nitrogen and oxygen atoms in total. The zero-order valence-corrected chi connectivity index (χ0v) is 15.9. The molecule has 0 aliphatic rings. The van der Waals surface area contributed by atoms with Crippen LogP contribution < -0.4 is 10.9 Å². The van der Waals surface area contributed by atoms with Gasteiger partial charge in [-0.3, -0.25) is 19.0 Å². The molecule has 1 unspecified atom stereocenters. The number of aryl methyl sites for hydroxylation is 1. The normalized spacial score (nSPS) is 11.9. The van der Waals surface area contributed by atoms with Crippen LogP contribution in [0.5, 0.6) is 0 Å². The molecule has 0 spiro atoms. The van der Waals surface area contributed by atoms with Crippen molar-refractivity contribution < 1.29 is 18.7 Å². The van der Waals surface area contributed by atoms with Crippen LogP contribution in [0.25, 0.3) is 10.2 Å². The first kappa shape index (κ1) is 19.7. The predicted octanol–water partition coefficient (Wildman–Crippen LogP) is 2.24. The van der Waals surface area contributed by atoms with E-state index >= 15 is 0 Å². The topological polar surface area (TPSA) is 90.3 Å². The quantitative estimate of drug-likeness (QED) is 0.611. The number of halogens is 1. The summed E-state index contributed by atoms with van der Waals surface area (Å²) in [7, 11) is 0. The van der Waals surface area contributed by atoms with Gasteiger partial charge in [0, 0.05) is 13.1 Å². The van der Waals surface area contributed by atoms with Gasteiger partial charge in [-0.25, -0.2) is 9.37 Å². The highest BCUT2D eigenvalue weighted by atomic mass is 32.1. The van der Waals surface area contributed by atoms with E-state index in [0.717, 1.165) is 5.56 Å². The zero-order chi connectivity index (χ0) is 20.1. The molecule has 1 amide bonds. The Morgan fingerprint density at radius 1 is 1.29 bits per heavy atom. The maximum atomic E-state index is 12.9. The van der Waals surface area contributed by atoms with Gasteiger partial charge in [-0.15, -0.1) is 11.3 Å². The van der Waals surface area contributed by atoms with E-state index in [4.69, 9.17) is 4.74 Å². The highest BCUT2D eigenvalue weighted by Crippen LogP contribution is 2.13. The lowest BCUT2D eigenvalue weighted by Gasteiger charge is -2.14. The van der Waals surface area contributed by atoms with Crippen molar-refractivity contribution in [2.75, 3.05) is 0 Å². The second-order valence-electron chi connectivity index (χ2n) is 6.11. The van der Waals surface area contributed by atoms with Crippen LogP contribution in [0.1, 0.15) is 18.9 Å². The van der Waals surface area contributed by atoms with Crippen LogP contribution in [0.15, 0.2) is 46.8 Å².